The average Bonchev–Trinajstić information content (AvgIpc) is 2.46. The lowest BCUT2D eigenvalue weighted by molar-refractivity contribution is -0.0923. The van der Waals surface area contributed by atoms with Crippen molar-refractivity contribution in [2.45, 2.75) is 83.8 Å². The molecule has 0 aromatic rings. The van der Waals surface area contributed by atoms with Crippen LogP contribution in [0.3, 0.4) is 0 Å². The van der Waals surface area contributed by atoms with E-state index in [-0.39, 0.29) is 0 Å². The van der Waals surface area contributed by atoms with E-state index in [2.05, 4.69) is 18.7 Å². The number of ether oxygens (including phenoxy) is 1. The van der Waals surface area contributed by atoms with E-state index in [1.165, 1.54) is 70.9 Å². The second-order valence-corrected chi connectivity index (χ2v) is 7.64. The summed E-state index contributed by atoms with van der Waals surface area (Å²) in [4.78, 5) is 2.81. The van der Waals surface area contributed by atoms with E-state index in [0.29, 0.717) is 11.5 Å². The zero-order valence-corrected chi connectivity index (χ0v) is 13.6. The zero-order valence-electron chi connectivity index (χ0n) is 13.6. The highest BCUT2D eigenvalue weighted by atomic mass is 16.5. The second kappa shape index (κ2) is 6.36. The fourth-order valence-corrected chi connectivity index (χ4v) is 4.91. The van der Waals surface area contributed by atoms with E-state index in [0.717, 1.165) is 18.6 Å². The molecule has 0 bridgehead atoms. The molecule has 116 valence electrons. The van der Waals surface area contributed by atoms with Crippen LogP contribution in [0.2, 0.25) is 0 Å². The number of nitrogens with zero attached hydrogens (tertiary/aromatic N) is 1. The topological polar surface area (TPSA) is 12.5 Å². The van der Waals surface area contributed by atoms with Gasteiger partial charge in [0.2, 0.25) is 0 Å². The van der Waals surface area contributed by atoms with Gasteiger partial charge in [0.25, 0.3) is 0 Å². The van der Waals surface area contributed by atoms with Crippen molar-refractivity contribution < 1.29 is 4.74 Å². The minimum atomic E-state index is 0.569. The van der Waals surface area contributed by atoms with Gasteiger partial charge in [-0.1, -0.05) is 13.3 Å². The molecular weight excluding hydrogens is 246 g/mol. The molecule has 0 atom stereocenters. The maximum Gasteiger partial charge on any atom is 0.0575 e. The Balaban J connectivity index is 1.41. The van der Waals surface area contributed by atoms with Crippen molar-refractivity contribution in [2.24, 2.45) is 11.3 Å². The standard InChI is InChI=1S/C18H33NO/c1-3-15-5-7-16(8-6-15)19-13-18(14-19)11-9-17(10-12-18)20-4-2/h15-17H,3-14H2,1-2H3. The van der Waals surface area contributed by atoms with Gasteiger partial charge in [-0.15, -0.1) is 0 Å². The number of rotatable bonds is 4. The Hall–Kier alpha value is -0.0800. The lowest BCUT2D eigenvalue weighted by atomic mass is 9.66. The summed E-state index contributed by atoms with van der Waals surface area (Å²) in [7, 11) is 0. The zero-order chi connectivity index (χ0) is 14.0. The fraction of sp³-hybridized carbons (Fsp3) is 1.00. The minimum absolute atomic E-state index is 0.569. The Bertz CT molecular complexity index is 293. The van der Waals surface area contributed by atoms with Gasteiger partial charge < -0.3 is 4.74 Å². The molecule has 0 amide bonds. The van der Waals surface area contributed by atoms with Gasteiger partial charge in [0, 0.05) is 25.7 Å². The SMILES string of the molecule is CCOC1CCC2(CC1)CN(C1CCC(CC)CC1)C2. The van der Waals surface area contributed by atoms with Crippen molar-refractivity contribution in [1.82, 2.24) is 4.90 Å². The molecule has 2 nitrogen and oxygen atoms in total. The van der Waals surface area contributed by atoms with Gasteiger partial charge in [-0.05, 0) is 69.6 Å². The van der Waals surface area contributed by atoms with Crippen molar-refractivity contribution in [3.05, 3.63) is 0 Å². The van der Waals surface area contributed by atoms with Crippen molar-refractivity contribution in [1.29, 1.82) is 0 Å². The molecule has 0 unspecified atom stereocenters. The van der Waals surface area contributed by atoms with Gasteiger partial charge in [-0.3, -0.25) is 4.90 Å². The highest BCUT2D eigenvalue weighted by Crippen LogP contribution is 2.46. The molecule has 2 saturated carbocycles. The van der Waals surface area contributed by atoms with Crippen LogP contribution < -0.4 is 0 Å². The van der Waals surface area contributed by atoms with Crippen LogP contribution in [0.25, 0.3) is 0 Å². The third-order valence-corrected chi connectivity index (χ3v) is 6.38. The minimum Gasteiger partial charge on any atom is -0.379 e. The second-order valence-electron chi connectivity index (χ2n) is 7.64. The molecule has 1 spiro atoms. The van der Waals surface area contributed by atoms with Crippen molar-refractivity contribution >= 4 is 0 Å². The fourth-order valence-electron chi connectivity index (χ4n) is 4.91. The van der Waals surface area contributed by atoms with Crippen LogP contribution in [0.5, 0.6) is 0 Å². The maximum atomic E-state index is 5.80. The van der Waals surface area contributed by atoms with Crippen LogP contribution in [0.4, 0.5) is 0 Å². The molecule has 1 saturated heterocycles. The van der Waals surface area contributed by atoms with E-state index in [1.807, 2.05) is 0 Å². The molecule has 2 heteroatoms. The Morgan fingerprint density at radius 3 is 2.15 bits per heavy atom. The Morgan fingerprint density at radius 2 is 1.60 bits per heavy atom. The van der Waals surface area contributed by atoms with E-state index in [9.17, 15) is 0 Å². The van der Waals surface area contributed by atoms with Crippen molar-refractivity contribution in [3.8, 4) is 0 Å². The average molecular weight is 279 g/mol. The number of hydrogen-bond acceptors (Lipinski definition) is 2. The van der Waals surface area contributed by atoms with Crippen LogP contribution in [0.15, 0.2) is 0 Å². The third kappa shape index (κ3) is 3.06. The monoisotopic (exact) mass is 279 g/mol. The number of hydrogen-bond donors (Lipinski definition) is 0. The van der Waals surface area contributed by atoms with Crippen LogP contribution in [-0.2, 0) is 4.74 Å². The van der Waals surface area contributed by atoms with Crippen LogP contribution in [0.1, 0.15) is 71.6 Å². The van der Waals surface area contributed by atoms with Gasteiger partial charge in [0.15, 0.2) is 0 Å². The summed E-state index contributed by atoms with van der Waals surface area (Å²) in [5.41, 5.74) is 0.690. The van der Waals surface area contributed by atoms with Crippen molar-refractivity contribution in [3.63, 3.8) is 0 Å². The van der Waals surface area contributed by atoms with Crippen LogP contribution in [0, 0.1) is 11.3 Å². The molecule has 2 aliphatic carbocycles. The molecule has 0 N–H and O–H groups in total. The van der Waals surface area contributed by atoms with Gasteiger partial charge in [-0.25, -0.2) is 0 Å². The smallest absolute Gasteiger partial charge is 0.0575 e. The van der Waals surface area contributed by atoms with Crippen molar-refractivity contribution in [2.75, 3.05) is 19.7 Å². The summed E-state index contributed by atoms with van der Waals surface area (Å²) >= 11 is 0. The summed E-state index contributed by atoms with van der Waals surface area (Å²) < 4.78 is 5.80. The molecule has 0 aromatic carbocycles. The van der Waals surface area contributed by atoms with E-state index in [1.54, 1.807) is 0 Å². The van der Waals surface area contributed by atoms with Crippen LogP contribution in [-0.4, -0.2) is 36.7 Å². The first-order valence-electron chi connectivity index (χ1n) is 9.10. The largest absolute Gasteiger partial charge is 0.379 e. The first kappa shape index (κ1) is 14.8. The van der Waals surface area contributed by atoms with E-state index >= 15 is 0 Å². The summed E-state index contributed by atoms with van der Waals surface area (Å²) in [5.74, 6) is 1.03. The van der Waals surface area contributed by atoms with Gasteiger partial charge in [0.1, 0.15) is 0 Å². The summed E-state index contributed by atoms with van der Waals surface area (Å²) in [6.07, 6.45) is 13.3. The van der Waals surface area contributed by atoms with E-state index < -0.39 is 0 Å². The molecule has 3 fully saturated rings. The molecule has 0 aromatic heterocycles. The van der Waals surface area contributed by atoms with Gasteiger partial charge in [0.05, 0.1) is 6.10 Å². The highest BCUT2D eigenvalue weighted by molar-refractivity contribution is 5.00. The summed E-state index contributed by atoms with van der Waals surface area (Å²) in [5, 5.41) is 0. The molecule has 3 aliphatic rings. The summed E-state index contributed by atoms with van der Waals surface area (Å²) in [6.45, 7) is 8.17. The molecule has 1 aliphatic heterocycles. The molecular formula is C18H33NO. The Morgan fingerprint density at radius 1 is 0.950 bits per heavy atom. The highest BCUT2D eigenvalue weighted by Gasteiger charge is 2.47. The van der Waals surface area contributed by atoms with Gasteiger partial charge in [-0.2, -0.15) is 0 Å². The Labute approximate surface area is 125 Å². The lowest BCUT2D eigenvalue weighted by Crippen LogP contribution is -2.61. The van der Waals surface area contributed by atoms with E-state index in [4.69, 9.17) is 4.74 Å². The number of likely N-dealkylation sites (tertiary alicyclic amines) is 1. The quantitative estimate of drug-likeness (QED) is 0.763. The molecule has 0 radical (unpaired) electrons. The molecule has 3 rings (SSSR count). The maximum absolute atomic E-state index is 5.80. The normalized spacial score (nSPS) is 35.1. The third-order valence-electron chi connectivity index (χ3n) is 6.38. The van der Waals surface area contributed by atoms with Gasteiger partial charge >= 0.3 is 0 Å². The Kier molecular flexibility index (Phi) is 4.72. The molecule has 20 heavy (non-hydrogen) atoms. The first-order chi connectivity index (χ1) is 9.74. The first-order valence-corrected chi connectivity index (χ1v) is 9.10. The predicted octanol–water partition coefficient (Wildman–Crippen LogP) is 4.24. The summed E-state index contributed by atoms with van der Waals surface area (Å²) in [6, 6.07) is 0.924. The van der Waals surface area contributed by atoms with Crippen LogP contribution >= 0.6 is 0 Å². The predicted molar refractivity (Wildman–Crippen MR) is 83.9 cm³/mol. The lowest BCUT2D eigenvalue weighted by Gasteiger charge is -2.57. The molecule has 1 heterocycles.